The molecule has 7 amide bonds. The molecule has 0 aliphatic carbocycles. The normalized spacial score (nSPS) is 17.1. The fourth-order valence-corrected chi connectivity index (χ4v) is 8.03. The van der Waals surface area contributed by atoms with Gasteiger partial charge in [-0.1, -0.05) is 96.8 Å². The molecule has 0 bridgehead atoms. The minimum atomic E-state index is -1.60. The highest BCUT2D eigenvalue weighted by Gasteiger charge is 2.41. The van der Waals surface area contributed by atoms with Crippen LogP contribution in [0.5, 0.6) is 5.75 Å². The smallest absolute Gasteiger partial charge is 0.326 e. The van der Waals surface area contributed by atoms with Crippen LogP contribution in [0.25, 0.3) is 0 Å². The Morgan fingerprint density at radius 2 is 1.04 bits per heavy atom. The fourth-order valence-electron chi connectivity index (χ4n) is 8.03. The van der Waals surface area contributed by atoms with Crippen LogP contribution >= 0.6 is 0 Å². The summed E-state index contributed by atoms with van der Waals surface area (Å²) in [6, 6.07) is 3.59. The number of carboxylic acid groups (broad SMARTS) is 3. The van der Waals surface area contributed by atoms with Crippen LogP contribution in [0, 0.1) is 17.8 Å². The second kappa shape index (κ2) is 28.7. The molecule has 22 nitrogen and oxygen atoms in total. The van der Waals surface area contributed by atoms with Gasteiger partial charge in [-0.25, -0.2) is 4.79 Å². The van der Waals surface area contributed by atoms with Crippen molar-refractivity contribution in [2.75, 3.05) is 6.54 Å². The molecular formula is C50H72N8O14. The molecule has 72 heavy (non-hydrogen) atoms. The number of phenols is 1. The quantitative estimate of drug-likeness (QED) is 0.0541. The Kier molecular flexibility index (Phi) is 23.6. The van der Waals surface area contributed by atoms with Crippen LogP contribution in [0.2, 0.25) is 0 Å². The van der Waals surface area contributed by atoms with E-state index in [0.717, 1.165) is 0 Å². The summed E-state index contributed by atoms with van der Waals surface area (Å²) in [5.41, 5.74) is 6.96. The van der Waals surface area contributed by atoms with Gasteiger partial charge in [0.15, 0.2) is 0 Å². The Hall–Kier alpha value is -7.10. The van der Waals surface area contributed by atoms with E-state index in [9.17, 15) is 63.3 Å². The first-order valence-corrected chi connectivity index (χ1v) is 24.3. The van der Waals surface area contributed by atoms with E-state index in [4.69, 9.17) is 10.8 Å². The van der Waals surface area contributed by atoms with Crippen LogP contribution in [0.1, 0.15) is 104 Å². The third-order valence-electron chi connectivity index (χ3n) is 12.8. The number of amides is 7. The number of phenolic OH excluding ortho intramolecular Hbond substituents is 1. The molecule has 0 aromatic heterocycles. The lowest BCUT2D eigenvalue weighted by molar-refractivity contribution is -0.150. The summed E-state index contributed by atoms with van der Waals surface area (Å²) in [4.78, 5) is 134. The van der Waals surface area contributed by atoms with Gasteiger partial charge in [0.1, 0.15) is 48.0 Å². The number of benzene rings is 2. The minimum Gasteiger partial charge on any atom is -0.508 e. The van der Waals surface area contributed by atoms with Crippen LogP contribution < -0.4 is 37.6 Å². The Morgan fingerprint density at radius 1 is 0.583 bits per heavy atom. The molecule has 1 heterocycles. The molecule has 2 aromatic carbocycles. The summed E-state index contributed by atoms with van der Waals surface area (Å²) in [5, 5.41) is 54.3. The van der Waals surface area contributed by atoms with E-state index < -0.39 is 145 Å². The molecule has 22 heteroatoms. The van der Waals surface area contributed by atoms with Gasteiger partial charge in [-0.05, 0) is 66.7 Å². The summed E-state index contributed by atoms with van der Waals surface area (Å²) in [7, 11) is 0. The van der Waals surface area contributed by atoms with Crippen molar-refractivity contribution in [3.8, 4) is 5.75 Å². The molecule has 1 aliphatic rings. The maximum atomic E-state index is 14.5. The Labute approximate surface area is 419 Å². The largest absolute Gasteiger partial charge is 0.508 e. The van der Waals surface area contributed by atoms with Crippen LogP contribution in [-0.4, -0.2) is 139 Å². The molecule has 3 rings (SSSR count). The van der Waals surface area contributed by atoms with Crippen molar-refractivity contribution >= 4 is 59.3 Å². The number of aliphatic carboxylic acids is 3. The Bertz CT molecular complexity index is 2210. The van der Waals surface area contributed by atoms with Crippen LogP contribution in [0.15, 0.2) is 54.6 Å². The molecule has 0 radical (unpaired) electrons. The molecule has 396 valence electrons. The number of nitrogens with one attached hydrogen (secondary N) is 6. The molecule has 0 saturated carbocycles. The number of hydrogen-bond donors (Lipinski definition) is 11. The average molecular weight is 1010 g/mol. The topological polar surface area (TPSA) is 353 Å². The number of rotatable bonds is 29. The zero-order valence-corrected chi connectivity index (χ0v) is 41.7. The predicted octanol–water partition coefficient (Wildman–Crippen LogP) is 0.967. The lowest BCUT2D eigenvalue weighted by Gasteiger charge is -2.32. The lowest BCUT2D eigenvalue weighted by Crippen LogP contribution is -2.62. The number of hydrogen-bond acceptors (Lipinski definition) is 12. The molecular weight excluding hydrogens is 937 g/mol. The first-order valence-electron chi connectivity index (χ1n) is 24.3. The first kappa shape index (κ1) is 59.2. The molecule has 0 unspecified atom stereocenters. The highest BCUT2D eigenvalue weighted by Crippen LogP contribution is 2.22. The van der Waals surface area contributed by atoms with Gasteiger partial charge in [-0.3, -0.25) is 43.2 Å². The first-order chi connectivity index (χ1) is 34.0. The minimum absolute atomic E-state index is 0.0809. The number of nitrogens with zero attached hydrogens (tertiary/aromatic N) is 1. The van der Waals surface area contributed by atoms with E-state index in [2.05, 4.69) is 31.9 Å². The SMILES string of the molecule is CC[C@H](C)[C@H](NC(=O)[C@@H](N)CCC(=O)O)C(=O)N[C@@H](Cc1ccc(O)cc1)C(=O)N[C@@H](Cc1ccccc1)C(=O)N[C@@H](CCC(=O)O)C(=O)N[C@H](C(=O)N[C@H](C(=O)N1CCC[C@H]1C(=O)O)[C@@H](C)CC)C(C)C. The number of nitrogens with two attached hydrogens (primary N) is 1. The summed E-state index contributed by atoms with van der Waals surface area (Å²) in [6.07, 6.45) is -0.545. The lowest BCUT2D eigenvalue weighted by atomic mass is 9.95. The molecule has 12 N–H and O–H groups in total. The molecule has 0 spiro atoms. The van der Waals surface area contributed by atoms with Gasteiger partial charge in [-0.15, -0.1) is 0 Å². The number of aromatic hydroxyl groups is 1. The van der Waals surface area contributed by atoms with Crippen molar-refractivity contribution in [1.82, 2.24) is 36.8 Å². The maximum absolute atomic E-state index is 14.5. The van der Waals surface area contributed by atoms with E-state index in [-0.39, 0.29) is 38.0 Å². The number of likely N-dealkylation sites (tertiary alicyclic amines) is 1. The van der Waals surface area contributed by atoms with Gasteiger partial charge in [0, 0.05) is 32.2 Å². The summed E-state index contributed by atoms with van der Waals surface area (Å²) >= 11 is 0. The van der Waals surface area contributed by atoms with Gasteiger partial charge < -0.3 is 63.0 Å². The van der Waals surface area contributed by atoms with E-state index in [1.165, 1.54) is 29.2 Å². The number of carbonyl (C=O) groups is 10. The summed E-state index contributed by atoms with van der Waals surface area (Å²) < 4.78 is 0. The monoisotopic (exact) mass is 1010 g/mol. The Morgan fingerprint density at radius 3 is 1.57 bits per heavy atom. The van der Waals surface area contributed by atoms with Crippen LogP contribution in [0.3, 0.4) is 0 Å². The zero-order chi connectivity index (χ0) is 53.8. The van der Waals surface area contributed by atoms with Crippen LogP contribution in [-0.2, 0) is 60.8 Å². The number of carbonyl (C=O) groups excluding carboxylic acids is 7. The van der Waals surface area contributed by atoms with Crippen LogP contribution in [0.4, 0.5) is 0 Å². The third-order valence-corrected chi connectivity index (χ3v) is 12.8. The summed E-state index contributed by atoms with van der Waals surface area (Å²) in [6.45, 7) is 10.4. The van der Waals surface area contributed by atoms with E-state index in [0.29, 0.717) is 30.4 Å². The van der Waals surface area contributed by atoms with Gasteiger partial charge in [0.25, 0.3) is 0 Å². The van der Waals surface area contributed by atoms with Crippen molar-refractivity contribution in [1.29, 1.82) is 0 Å². The zero-order valence-electron chi connectivity index (χ0n) is 41.7. The molecule has 1 saturated heterocycles. The van der Waals surface area contributed by atoms with E-state index in [1.54, 1.807) is 71.9 Å². The predicted molar refractivity (Wildman–Crippen MR) is 261 cm³/mol. The van der Waals surface area contributed by atoms with E-state index in [1.807, 2.05) is 0 Å². The molecule has 1 fully saturated rings. The highest BCUT2D eigenvalue weighted by molar-refractivity contribution is 5.98. The highest BCUT2D eigenvalue weighted by atomic mass is 16.4. The molecule has 2 aromatic rings. The number of carboxylic acids is 3. The second-order valence-electron chi connectivity index (χ2n) is 18.7. The van der Waals surface area contributed by atoms with Gasteiger partial charge in [-0.2, -0.15) is 0 Å². The standard InChI is InChI=1S/C50H72N8O14/c1-7-28(5)41(56-43(64)33(51)20-22-38(60)61)48(69)54-36(26-31-16-18-32(59)19-17-31)46(67)53-35(25-30-13-10-9-11-14-30)45(66)52-34(21-23-39(62)63)44(65)55-40(27(3)4)47(68)57-42(29(6)8-2)49(70)58-24-12-15-37(58)50(71)72/h9-11,13-14,16-19,27-29,33-37,40-42,59H,7-8,12,15,20-26,51H2,1-6H3,(H,52,66)(H,53,67)(H,54,69)(H,55,65)(H,56,64)(H,57,68)(H,60,61)(H,62,63)(H,71,72)/t28-,29-,33-,34-,35-,36-,37-,40-,41-,42-/m0/s1. The van der Waals surface area contributed by atoms with Crippen molar-refractivity contribution in [2.45, 2.75) is 154 Å². The second-order valence-corrected chi connectivity index (χ2v) is 18.7. The molecule has 10 atom stereocenters. The van der Waals surface area contributed by atoms with Crippen molar-refractivity contribution in [2.24, 2.45) is 23.5 Å². The van der Waals surface area contributed by atoms with Crippen molar-refractivity contribution in [3.63, 3.8) is 0 Å². The Balaban J connectivity index is 1.97. The van der Waals surface area contributed by atoms with Gasteiger partial charge >= 0.3 is 17.9 Å². The average Bonchev–Trinajstić information content (AvgIpc) is 3.85. The summed E-state index contributed by atoms with van der Waals surface area (Å²) in [5.74, 6) is -11.1. The van der Waals surface area contributed by atoms with Gasteiger partial charge in [0.05, 0.1) is 6.04 Å². The molecule has 1 aliphatic heterocycles. The van der Waals surface area contributed by atoms with E-state index >= 15 is 0 Å². The fraction of sp³-hybridized carbons (Fsp3) is 0.560. The third kappa shape index (κ3) is 18.3. The van der Waals surface area contributed by atoms with Gasteiger partial charge in [0.2, 0.25) is 41.4 Å². The maximum Gasteiger partial charge on any atom is 0.326 e. The van der Waals surface area contributed by atoms with Crippen molar-refractivity contribution in [3.05, 3.63) is 65.7 Å². The van der Waals surface area contributed by atoms with Crippen molar-refractivity contribution < 1.29 is 68.4 Å².